The van der Waals surface area contributed by atoms with Crippen molar-refractivity contribution < 1.29 is 0 Å². The lowest BCUT2D eigenvalue weighted by atomic mass is 10.4. The van der Waals surface area contributed by atoms with Gasteiger partial charge in [0.15, 0.2) is 0 Å². The predicted molar refractivity (Wildman–Crippen MR) is 54.8 cm³/mol. The summed E-state index contributed by atoms with van der Waals surface area (Å²) < 4.78 is 0. The third-order valence-corrected chi connectivity index (χ3v) is 2.15. The van der Waals surface area contributed by atoms with Crippen LogP contribution in [-0.2, 0) is 0 Å². The largest absolute Gasteiger partial charge is 0.314 e. The van der Waals surface area contributed by atoms with E-state index < -0.39 is 0 Å². The molecule has 0 atom stereocenters. The zero-order valence-corrected chi connectivity index (χ0v) is 8.27. The molecule has 6 heteroatoms. The van der Waals surface area contributed by atoms with Crippen LogP contribution in [0.1, 0.15) is 5.82 Å². The number of nitrogens with one attached hydrogen (secondary N) is 2. The van der Waals surface area contributed by atoms with Crippen LogP contribution in [0.2, 0.25) is 0 Å². The average Bonchev–Trinajstić information content (AvgIpc) is 2.31. The second-order valence-corrected chi connectivity index (χ2v) is 3.23. The van der Waals surface area contributed by atoms with Crippen molar-refractivity contribution in [2.75, 3.05) is 31.6 Å². The molecule has 0 unspecified atom stereocenters. The molecular weight excluding hydrogens is 192 g/mol. The number of hydrogen-bond donors (Lipinski definition) is 2. The SMILES string of the molecule is N#Cc1nccc(NN2CCNCC2)n1. The van der Waals surface area contributed by atoms with E-state index in [1.807, 2.05) is 6.07 Å². The number of aromatic nitrogens is 2. The zero-order chi connectivity index (χ0) is 10.5. The van der Waals surface area contributed by atoms with Gasteiger partial charge in [-0.2, -0.15) is 5.26 Å². The van der Waals surface area contributed by atoms with E-state index in [-0.39, 0.29) is 5.82 Å². The maximum absolute atomic E-state index is 8.64. The van der Waals surface area contributed by atoms with Crippen molar-refractivity contribution in [2.45, 2.75) is 0 Å². The lowest BCUT2D eigenvalue weighted by molar-refractivity contribution is 0.286. The number of piperazine rings is 1. The van der Waals surface area contributed by atoms with Crippen LogP contribution in [-0.4, -0.2) is 41.2 Å². The minimum Gasteiger partial charge on any atom is -0.314 e. The molecule has 1 aliphatic rings. The Labute approximate surface area is 87.9 Å². The molecule has 2 rings (SSSR count). The smallest absolute Gasteiger partial charge is 0.234 e. The van der Waals surface area contributed by atoms with Gasteiger partial charge in [-0.25, -0.2) is 15.0 Å². The van der Waals surface area contributed by atoms with Crippen LogP contribution in [0.25, 0.3) is 0 Å². The first-order valence-electron chi connectivity index (χ1n) is 4.84. The van der Waals surface area contributed by atoms with Crippen LogP contribution in [0.5, 0.6) is 0 Å². The molecule has 6 nitrogen and oxygen atoms in total. The van der Waals surface area contributed by atoms with Gasteiger partial charge in [-0.3, -0.25) is 0 Å². The molecule has 15 heavy (non-hydrogen) atoms. The molecule has 0 amide bonds. The normalized spacial score (nSPS) is 17.0. The number of nitriles is 1. The Morgan fingerprint density at radius 2 is 2.27 bits per heavy atom. The maximum Gasteiger partial charge on any atom is 0.234 e. The Bertz CT molecular complexity index is 365. The third-order valence-electron chi connectivity index (χ3n) is 2.15. The van der Waals surface area contributed by atoms with Gasteiger partial charge < -0.3 is 10.7 Å². The fourth-order valence-electron chi connectivity index (χ4n) is 1.41. The first-order chi connectivity index (χ1) is 7.38. The molecule has 0 aromatic carbocycles. The van der Waals surface area contributed by atoms with Gasteiger partial charge in [-0.15, -0.1) is 0 Å². The van der Waals surface area contributed by atoms with Crippen molar-refractivity contribution in [3.63, 3.8) is 0 Å². The summed E-state index contributed by atoms with van der Waals surface area (Å²) in [4.78, 5) is 7.85. The van der Waals surface area contributed by atoms with E-state index in [9.17, 15) is 0 Å². The summed E-state index contributed by atoms with van der Waals surface area (Å²) in [5.41, 5.74) is 3.15. The number of rotatable bonds is 2. The molecule has 0 spiro atoms. The number of hydrazine groups is 1. The zero-order valence-electron chi connectivity index (χ0n) is 8.27. The first-order valence-corrected chi connectivity index (χ1v) is 4.84. The van der Waals surface area contributed by atoms with Crippen molar-refractivity contribution in [3.8, 4) is 6.07 Å². The minimum absolute atomic E-state index is 0.190. The highest BCUT2D eigenvalue weighted by atomic mass is 15.5. The molecule has 1 aliphatic heterocycles. The molecule has 1 fully saturated rings. The Morgan fingerprint density at radius 1 is 1.47 bits per heavy atom. The van der Waals surface area contributed by atoms with E-state index in [1.165, 1.54) is 0 Å². The standard InChI is InChI=1S/C9H12N6/c10-7-9-12-2-1-8(13-9)14-15-5-3-11-4-6-15/h1-2,11H,3-6H2,(H,12,13,14). The van der Waals surface area contributed by atoms with Gasteiger partial charge in [0.1, 0.15) is 11.9 Å². The van der Waals surface area contributed by atoms with Crippen molar-refractivity contribution >= 4 is 5.82 Å². The second-order valence-electron chi connectivity index (χ2n) is 3.23. The van der Waals surface area contributed by atoms with Crippen LogP contribution in [0, 0.1) is 11.3 Å². The molecule has 0 bridgehead atoms. The van der Waals surface area contributed by atoms with Gasteiger partial charge in [-0.1, -0.05) is 0 Å². The number of anilines is 1. The van der Waals surface area contributed by atoms with Gasteiger partial charge in [0.25, 0.3) is 0 Å². The molecule has 1 saturated heterocycles. The Hall–Kier alpha value is -1.71. The van der Waals surface area contributed by atoms with Gasteiger partial charge in [0.05, 0.1) is 0 Å². The summed E-state index contributed by atoms with van der Waals surface area (Å²) >= 11 is 0. The van der Waals surface area contributed by atoms with Crippen LogP contribution < -0.4 is 10.7 Å². The minimum atomic E-state index is 0.190. The highest BCUT2D eigenvalue weighted by molar-refractivity contribution is 5.33. The predicted octanol–water partition coefficient (Wildman–Crippen LogP) is -0.420. The monoisotopic (exact) mass is 204 g/mol. The van der Waals surface area contributed by atoms with E-state index in [4.69, 9.17) is 5.26 Å². The van der Waals surface area contributed by atoms with E-state index in [0.717, 1.165) is 26.2 Å². The van der Waals surface area contributed by atoms with E-state index in [1.54, 1.807) is 12.3 Å². The van der Waals surface area contributed by atoms with Gasteiger partial charge >= 0.3 is 0 Å². The lowest BCUT2D eigenvalue weighted by Crippen LogP contribution is -2.46. The number of hydrogen-bond acceptors (Lipinski definition) is 6. The molecule has 78 valence electrons. The van der Waals surface area contributed by atoms with Crippen molar-refractivity contribution in [2.24, 2.45) is 0 Å². The highest BCUT2D eigenvalue weighted by Crippen LogP contribution is 2.03. The molecule has 0 radical (unpaired) electrons. The summed E-state index contributed by atoms with van der Waals surface area (Å²) in [6.07, 6.45) is 1.58. The quantitative estimate of drug-likeness (QED) is 0.681. The summed E-state index contributed by atoms with van der Waals surface area (Å²) in [6, 6.07) is 3.66. The van der Waals surface area contributed by atoms with Crippen LogP contribution in [0.4, 0.5) is 5.82 Å². The summed E-state index contributed by atoms with van der Waals surface area (Å²) in [5, 5.41) is 14.0. The average molecular weight is 204 g/mol. The summed E-state index contributed by atoms with van der Waals surface area (Å²) in [7, 11) is 0. The third kappa shape index (κ3) is 2.62. The van der Waals surface area contributed by atoms with Crippen molar-refractivity contribution in [1.29, 1.82) is 5.26 Å². The molecule has 1 aromatic rings. The van der Waals surface area contributed by atoms with Crippen molar-refractivity contribution in [1.82, 2.24) is 20.3 Å². The Balaban J connectivity index is 2.00. The highest BCUT2D eigenvalue weighted by Gasteiger charge is 2.09. The molecule has 1 aromatic heterocycles. The Kier molecular flexibility index (Phi) is 3.07. The number of nitrogens with zero attached hydrogens (tertiary/aromatic N) is 4. The van der Waals surface area contributed by atoms with Gasteiger partial charge in [-0.05, 0) is 0 Å². The topological polar surface area (TPSA) is 76.9 Å². The van der Waals surface area contributed by atoms with Crippen LogP contribution in [0.15, 0.2) is 12.3 Å². The fraction of sp³-hybridized carbons (Fsp3) is 0.444. The van der Waals surface area contributed by atoms with Crippen LogP contribution in [0.3, 0.4) is 0 Å². The van der Waals surface area contributed by atoms with Gasteiger partial charge in [0, 0.05) is 38.4 Å². The summed E-state index contributed by atoms with van der Waals surface area (Å²) in [6.45, 7) is 3.77. The second kappa shape index (κ2) is 4.68. The molecular formula is C9H12N6. The Morgan fingerprint density at radius 3 is 3.00 bits per heavy atom. The van der Waals surface area contributed by atoms with Gasteiger partial charge in [0.2, 0.25) is 5.82 Å². The first kappa shape index (κ1) is 9.83. The van der Waals surface area contributed by atoms with Crippen molar-refractivity contribution in [3.05, 3.63) is 18.1 Å². The van der Waals surface area contributed by atoms with E-state index in [0.29, 0.717) is 5.82 Å². The molecule has 0 saturated carbocycles. The molecule has 2 N–H and O–H groups in total. The van der Waals surface area contributed by atoms with Crippen LogP contribution >= 0.6 is 0 Å². The fourth-order valence-corrected chi connectivity index (χ4v) is 1.41. The summed E-state index contributed by atoms with van der Waals surface area (Å²) in [5.74, 6) is 0.860. The molecule has 0 aliphatic carbocycles. The lowest BCUT2D eigenvalue weighted by Gasteiger charge is -2.27. The van der Waals surface area contributed by atoms with E-state index in [2.05, 4.69) is 25.7 Å². The maximum atomic E-state index is 8.64. The molecule has 2 heterocycles. The van der Waals surface area contributed by atoms with E-state index >= 15 is 0 Å².